The van der Waals surface area contributed by atoms with Crippen molar-refractivity contribution in [1.29, 1.82) is 0 Å². The van der Waals surface area contributed by atoms with Crippen molar-refractivity contribution in [2.75, 3.05) is 7.05 Å². The van der Waals surface area contributed by atoms with Gasteiger partial charge in [0.25, 0.3) is 17.5 Å². The molecule has 2 rings (SSSR count). The normalized spacial score (nSPS) is 14.0. The van der Waals surface area contributed by atoms with Crippen LogP contribution < -0.4 is 4.91 Å². The number of hydroxylamine groups is 2. The average molecular weight is 305 g/mol. The minimum Gasteiger partial charge on any atom is -0.285 e. The second-order valence-corrected chi connectivity index (χ2v) is 4.46. The second kappa shape index (κ2) is 6.70. The number of amides is 2. The molecule has 1 heterocycles. The summed E-state index contributed by atoms with van der Waals surface area (Å²) in [5.41, 5.74) is 1.32. The number of carbonyl (C=O) groups excluding carboxylic acids is 2. The molecule has 0 unspecified atom stereocenters. The first-order valence-corrected chi connectivity index (χ1v) is 6.44. The third-order valence-electron chi connectivity index (χ3n) is 2.95. The van der Waals surface area contributed by atoms with Gasteiger partial charge in [-0.2, -0.15) is 5.06 Å². The van der Waals surface area contributed by atoms with Crippen LogP contribution in [0.15, 0.2) is 28.4 Å². The molecule has 1 fully saturated rings. The third kappa shape index (κ3) is 3.40. The third-order valence-corrected chi connectivity index (χ3v) is 2.95. The van der Waals surface area contributed by atoms with E-state index in [0.29, 0.717) is 21.7 Å². The zero-order chi connectivity index (χ0) is 16.1. The fraction of sp³-hybridized carbons (Fsp3) is 0.308. The molecule has 0 radical (unpaired) electrons. The standard InChI is InChI=1S/C13H15N5O4/c1-14-16-15-10-3-4-11(17(2)21)9(7-10)8-22-18-12(19)5-6-13(18)20/h3-4,7,21H,2,5-6,8H2,1H3/q+2. The maximum atomic E-state index is 11.5. The lowest BCUT2D eigenvalue weighted by Crippen LogP contribution is -2.29. The van der Waals surface area contributed by atoms with E-state index in [1.807, 2.05) is 0 Å². The van der Waals surface area contributed by atoms with Crippen molar-refractivity contribution in [3.05, 3.63) is 23.8 Å². The van der Waals surface area contributed by atoms with Gasteiger partial charge in [-0.3, -0.25) is 19.6 Å². The Morgan fingerprint density at radius 1 is 1.41 bits per heavy atom. The van der Waals surface area contributed by atoms with Gasteiger partial charge < -0.3 is 0 Å². The van der Waals surface area contributed by atoms with E-state index in [9.17, 15) is 14.8 Å². The SMILES string of the molecule is C=[N+](O)c1ccc(N=[N+]=NC)cc1CON1C(=O)CCC1=O. The molecule has 0 saturated carbocycles. The summed E-state index contributed by atoms with van der Waals surface area (Å²) in [5, 5.41) is 17.6. The van der Waals surface area contributed by atoms with Gasteiger partial charge in [-0.1, -0.05) is 0 Å². The first-order valence-electron chi connectivity index (χ1n) is 6.44. The number of rotatable bonds is 5. The summed E-state index contributed by atoms with van der Waals surface area (Å²) in [6, 6.07) is 4.75. The Morgan fingerprint density at radius 3 is 2.68 bits per heavy atom. The molecule has 1 aliphatic rings. The smallest absolute Gasteiger partial charge is 0.262 e. The Bertz CT molecular complexity index is 678. The highest BCUT2D eigenvalue weighted by atomic mass is 16.7. The topological polar surface area (TPSA) is 109 Å². The van der Waals surface area contributed by atoms with Crippen LogP contribution in [0.25, 0.3) is 0 Å². The maximum absolute atomic E-state index is 11.5. The molecule has 0 atom stereocenters. The Balaban J connectivity index is 2.23. The summed E-state index contributed by atoms with van der Waals surface area (Å²) in [5.74, 6) is -0.773. The van der Waals surface area contributed by atoms with Crippen molar-refractivity contribution in [2.24, 2.45) is 10.2 Å². The Hall–Kier alpha value is -2.90. The maximum Gasteiger partial charge on any atom is 0.262 e. The van der Waals surface area contributed by atoms with Gasteiger partial charge in [0.15, 0.2) is 17.5 Å². The highest BCUT2D eigenvalue weighted by Gasteiger charge is 2.30. The predicted molar refractivity (Wildman–Crippen MR) is 73.7 cm³/mol. The summed E-state index contributed by atoms with van der Waals surface area (Å²) in [7, 11) is 1.48. The Kier molecular flexibility index (Phi) is 4.72. The van der Waals surface area contributed by atoms with Crippen LogP contribution in [0, 0.1) is 0 Å². The van der Waals surface area contributed by atoms with Crippen molar-refractivity contribution in [3.8, 4) is 0 Å². The molecule has 0 aliphatic carbocycles. The van der Waals surface area contributed by atoms with Crippen molar-refractivity contribution in [1.82, 2.24) is 9.97 Å². The summed E-state index contributed by atoms with van der Waals surface area (Å²) in [4.78, 5) is 31.7. The average Bonchev–Trinajstić information content (AvgIpc) is 2.81. The number of carbonyl (C=O) groups is 2. The van der Waals surface area contributed by atoms with Crippen LogP contribution in [-0.2, 0) is 21.0 Å². The number of benzene rings is 1. The predicted octanol–water partition coefficient (Wildman–Crippen LogP) is 1.23. The molecule has 1 aromatic rings. The summed E-state index contributed by atoms with van der Waals surface area (Å²) >= 11 is 0. The zero-order valence-corrected chi connectivity index (χ0v) is 12.0. The largest absolute Gasteiger partial charge is 0.285 e. The number of hydrogen-bond donors (Lipinski definition) is 1. The second-order valence-electron chi connectivity index (χ2n) is 4.46. The lowest BCUT2D eigenvalue weighted by molar-refractivity contribution is -0.706. The molecule has 1 aromatic carbocycles. The summed E-state index contributed by atoms with van der Waals surface area (Å²) in [6.45, 7) is 3.28. The molecular formula is C13H15N5O4+2. The van der Waals surface area contributed by atoms with Gasteiger partial charge in [-0.15, -0.1) is 0 Å². The first-order chi connectivity index (χ1) is 10.5. The number of nitrogens with zero attached hydrogens (tertiary/aromatic N) is 5. The summed E-state index contributed by atoms with van der Waals surface area (Å²) in [6.07, 6.45) is 0.277. The van der Waals surface area contributed by atoms with Crippen LogP contribution in [0.1, 0.15) is 18.4 Å². The highest BCUT2D eigenvalue weighted by Crippen LogP contribution is 2.25. The van der Waals surface area contributed by atoms with Crippen molar-refractivity contribution >= 4 is 29.9 Å². The zero-order valence-electron chi connectivity index (χ0n) is 12.0. The molecule has 1 N–H and O–H groups in total. The molecule has 0 spiro atoms. The molecule has 9 heteroatoms. The van der Waals surface area contributed by atoms with E-state index in [2.05, 4.69) is 21.9 Å². The van der Waals surface area contributed by atoms with Crippen LogP contribution in [0.4, 0.5) is 11.4 Å². The van der Waals surface area contributed by atoms with E-state index in [1.54, 1.807) is 18.2 Å². The van der Waals surface area contributed by atoms with Crippen LogP contribution >= 0.6 is 0 Å². The fourth-order valence-electron chi connectivity index (χ4n) is 1.93. The monoisotopic (exact) mass is 305 g/mol. The molecule has 114 valence electrons. The fourth-order valence-corrected chi connectivity index (χ4v) is 1.93. The van der Waals surface area contributed by atoms with Crippen molar-refractivity contribution in [2.45, 2.75) is 19.4 Å². The van der Waals surface area contributed by atoms with Gasteiger partial charge in [0.1, 0.15) is 18.8 Å². The van der Waals surface area contributed by atoms with E-state index in [0.717, 1.165) is 5.06 Å². The van der Waals surface area contributed by atoms with Gasteiger partial charge >= 0.3 is 0 Å². The molecule has 1 saturated heterocycles. The molecule has 9 nitrogen and oxygen atoms in total. The van der Waals surface area contributed by atoms with Crippen molar-refractivity contribution in [3.63, 3.8) is 0 Å². The van der Waals surface area contributed by atoms with Gasteiger partial charge in [-0.25, -0.2) is 0 Å². The first kappa shape index (κ1) is 15.5. The van der Waals surface area contributed by atoms with E-state index in [-0.39, 0.29) is 31.3 Å². The van der Waals surface area contributed by atoms with Crippen LogP contribution in [0.2, 0.25) is 0 Å². The lowest BCUT2D eigenvalue weighted by Gasteiger charge is -2.13. The van der Waals surface area contributed by atoms with Crippen LogP contribution in [-0.4, -0.2) is 40.6 Å². The summed E-state index contributed by atoms with van der Waals surface area (Å²) < 4.78 is 0.664. The van der Waals surface area contributed by atoms with E-state index in [4.69, 9.17) is 4.84 Å². The van der Waals surface area contributed by atoms with Gasteiger partial charge in [0.2, 0.25) is 4.91 Å². The molecular weight excluding hydrogens is 290 g/mol. The molecule has 22 heavy (non-hydrogen) atoms. The minimum absolute atomic E-state index is 0.105. The van der Waals surface area contributed by atoms with Gasteiger partial charge in [-0.05, 0) is 12.1 Å². The van der Waals surface area contributed by atoms with Crippen molar-refractivity contribution < 1.29 is 24.4 Å². The Labute approximate surface area is 125 Å². The highest BCUT2D eigenvalue weighted by molar-refractivity contribution is 6.00. The molecule has 0 aromatic heterocycles. The van der Waals surface area contributed by atoms with E-state index in [1.165, 1.54) is 7.05 Å². The van der Waals surface area contributed by atoms with Gasteiger partial charge in [0, 0.05) is 23.6 Å². The van der Waals surface area contributed by atoms with E-state index >= 15 is 0 Å². The molecule has 2 amide bonds. The lowest BCUT2D eigenvalue weighted by atomic mass is 10.1. The number of hydrogen-bond acceptors (Lipinski definition) is 6. The quantitative estimate of drug-likeness (QED) is 0.168. The molecule has 0 bridgehead atoms. The van der Waals surface area contributed by atoms with E-state index < -0.39 is 0 Å². The number of imide groups is 1. The van der Waals surface area contributed by atoms with Gasteiger partial charge in [0.05, 0.1) is 5.56 Å². The minimum atomic E-state index is -0.386. The Morgan fingerprint density at radius 2 is 2.09 bits per heavy atom. The van der Waals surface area contributed by atoms with Crippen LogP contribution in [0.3, 0.4) is 0 Å². The van der Waals surface area contributed by atoms with Crippen LogP contribution in [0.5, 0.6) is 0 Å². The molecule has 1 aliphatic heterocycles.